The standard InChI is InChI=1S/C12H26O3S/c1-4-5-6-7-8-9-10-12(13)11(2)16(3,14)15/h11-13H,4-10H2,1-3H3. The molecule has 0 saturated heterocycles. The first-order valence-electron chi connectivity index (χ1n) is 6.26. The van der Waals surface area contributed by atoms with E-state index in [9.17, 15) is 13.5 Å². The van der Waals surface area contributed by atoms with Gasteiger partial charge in [0, 0.05) is 6.26 Å². The van der Waals surface area contributed by atoms with Crippen LogP contribution in [0.2, 0.25) is 0 Å². The Morgan fingerprint density at radius 1 is 1.06 bits per heavy atom. The number of hydrogen-bond donors (Lipinski definition) is 1. The average Bonchev–Trinajstić information content (AvgIpc) is 2.20. The van der Waals surface area contributed by atoms with E-state index in [0.29, 0.717) is 6.42 Å². The van der Waals surface area contributed by atoms with E-state index in [-0.39, 0.29) is 0 Å². The maximum absolute atomic E-state index is 11.2. The predicted molar refractivity (Wildman–Crippen MR) is 68.3 cm³/mol. The zero-order valence-electron chi connectivity index (χ0n) is 10.8. The maximum Gasteiger partial charge on any atom is 0.152 e. The molecule has 0 saturated carbocycles. The third kappa shape index (κ3) is 7.23. The minimum Gasteiger partial charge on any atom is -0.392 e. The molecule has 0 bridgehead atoms. The SMILES string of the molecule is CCCCCCCCC(O)C(C)S(C)(=O)=O. The molecule has 0 radical (unpaired) electrons. The van der Waals surface area contributed by atoms with Crippen LogP contribution in [0.4, 0.5) is 0 Å². The van der Waals surface area contributed by atoms with Gasteiger partial charge in [-0.25, -0.2) is 8.42 Å². The minimum atomic E-state index is -3.10. The van der Waals surface area contributed by atoms with Crippen LogP contribution in [0.3, 0.4) is 0 Å². The van der Waals surface area contributed by atoms with Crippen LogP contribution in [0.25, 0.3) is 0 Å². The molecule has 0 heterocycles. The summed E-state index contributed by atoms with van der Waals surface area (Å²) in [7, 11) is -3.10. The largest absolute Gasteiger partial charge is 0.392 e. The fraction of sp³-hybridized carbons (Fsp3) is 1.00. The normalized spacial score (nSPS) is 16.0. The van der Waals surface area contributed by atoms with Crippen LogP contribution < -0.4 is 0 Å². The molecule has 0 aliphatic heterocycles. The molecule has 16 heavy (non-hydrogen) atoms. The molecule has 98 valence electrons. The molecule has 1 N–H and O–H groups in total. The Morgan fingerprint density at radius 2 is 1.56 bits per heavy atom. The molecule has 0 fully saturated rings. The zero-order valence-corrected chi connectivity index (χ0v) is 11.6. The van der Waals surface area contributed by atoms with Gasteiger partial charge >= 0.3 is 0 Å². The van der Waals surface area contributed by atoms with E-state index in [2.05, 4.69) is 6.92 Å². The predicted octanol–water partition coefficient (Wildman–Crippen LogP) is 2.53. The van der Waals surface area contributed by atoms with Crippen molar-refractivity contribution < 1.29 is 13.5 Å². The molecule has 3 nitrogen and oxygen atoms in total. The lowest BCUT2D eigenvalue weighted by molar-refractivity contribution is 0.159. The van der Waals surface area contributed by atoms with Crippen molar-refractivity contribution in [3.8, 4) is 0 Å². The van der Waals surface area contributed by atoms with Crippen LogP contribution in [-0.2, 0) is 9.84 Å². The summed E-state index contributed by atoms with van der Waals surface area (Å²) in [5, 5.41) is 9.04. The van der Waals surface area contributed by atoms with Gasteiger partial charge < -0.3 is 5.11 Å². The summed E-state index contributed by atoms with van der Waals surface area (Å²) >= 11 is 0. The van der Waals surface area contributed by atoms with Crippen molar-refractivity contribution in [3.63, 3.8) is 0 Å². The van der Waals surface area contributed by atoms with Gasteiger partial charge in [-0.2, -0.15) is 0 Å². The summed E-state index contributed by atoms with van der Waals surface area (Å²) in [5.74, 6) is 0. The van der Waals surface area contributed by atoms with Crippen LogP contribution >= 0.6 is 0 Å². The highest BCUT2D eigenvalue weighted by Crippen LogP contribution is 2.13. The number of sulfone groups is 1. The topological polar surface area (TPSA) is 54.4 Å². The number of aliphatic hydroxyl groups excluding tert-OH is 1. The van der Waals surface area contributed by atoms with E-state index in [1.165, 1.54) is 31.9 Å². The van der Waals surface area contributed by atoms with Gasteiger partial charge in [0.2, 0.25) is 0 Å². The van der Waals surface area contributed by atoms with Crippen molar-refractivity contribution in [2.75, 3.05) is 6.26 Å². The molecule has 0 amide bonds. The number of unbranched alkanes of at least 4 members (excludes halogenated alkanes) is 5. The van der Waals surface area contributed by atoms with Crippen molar-refractivity contribution in [1.82, 2.24) is 0 Å². The fourth-order valence-corrected chi connectivity index (χ4v) is 2.36. The highest BCUT2D eigenvalue weighted by molar-refractivity contribution is 7.91. The lowest BCUT2D eigenvalue weighted by Gasteiger charge is -2.16. The molecule has 2 unspecified atom stereocenters. The molecule has 0 aromatic rings. The molecule has 0 aliphatic carbocycles. The van der Waals surface area contributed by atoms with Gasteiger partial charge in [-0.1, -0.05) is 45.4 Å². The van der Waals surface area contributed by atoms with Crippen LogP contribution in [-0.4, -0.2) is 31.1 Å². The Labute approximate surface area is 100 Å². The van der Waals surface area contributed by atoms with Gasteiger partial charge in [-0.05, 0) is 13.3 Å². The molecule has 0 aliphatic rings. The Hall–Kier alpha value is -0.0900. The summed E-state index contributed by atoms with van der Waals surface area (Å²) in [6, 6.07) is 0. The third-order valence-corrected chi connectivity index (χ3v) is 4.74. The van der Waals surface area contributed by atoms with Crippen LogP contribution in [0, 0.1) is 0 Å². The summed E-state index contributed by atoms with van der Waals surface area (Å²) in [6.45, 7) is 3.76. The summed E-state index contributed by atoms with van der Waals surface area (Å²) in [4.78, 5) is 0. The third-order valence-electron chi connectivity index (χ3n) is 3.07. The van der Waals surface area contributed by atoms with E-state index in [4.69, 9.17) is 0 Å². The van der Waals surface area contributed by atoms with Crippen LogP contribution in [0.1, 0.15) is 58.8 Å². The number of rotatable bonds is 9. The number of hydrogen-bond acceptors (Lipinski definition) is 3. The van der Waals surface area contributed by atoms with Crippen molar-refractivity contribution in [2.45, 2.75) is 70.1 Å². The van der Waals surface area contributed by atoms with E-state index in [1.807, 2.05) is 0 Å². The second-order valence-electron chi connectivity index (χ2n) is 4.66. The molecular formula is C12H26O3S. The molecule has 2 atom stereocenters. The molecule has 0 aromatic heterocycles. The average molecular weight is 250 g/mol. The molecule has 0 aromatic carbocycles. The fourth-order valence-electron chi connectivity index (χ4n) is 1.65. The Morgan fingerprint density at radius 3 is 2.06 bits per heavy atom. The Balaban J connectivity index is 3.62. The van der Waals surface area contributed by atoms with Crippen molar-refractivity contribution in [1.29, 1.82) is 0 Å². The van der Waals surface area contributed by atoms with Crippen LogP contribution in [0.15, 0.2) is 0 Å². The van der Waals surface area contributed by atoms with E-state index >= 15 is 0 Å². The highest BCUT2D eigenvalue weighted by atomic mass is 32.2. The van der Waals surface area contributed by atoms with Gasteiger partial charge in [-0.15, -0.1) is 0 Å². The van der Waals surface area contributed by atoms with Crippen molar-refractivity contribution in [2.24, 2.45) is 0 Å². The smallest absolute Gasteiger partial charge is 0.152 e. The van der Waals surface area contributed by atoms with Gasteiger partial charge in [-0.3, -0.25) is 0 Å². The lowest BCUT2D eigenvalue weighted by atomic mass is 10.1. The van der Waals surface area contributed by atoms with Crippen LogP contribution in [0.5, 0.6) is 0 Å². The van der Waals surface area contributed by atoms with Crippen molar-refractivity contribution >= 4 is 9.84 Å². The van der Waals surface area contributed by atoms with E-state index < -0.39 is 21.2 Å². The first kappa shape index (κ1) is 15.9. The second-order valence-corrected chi connectivity index (χ2v) is 7.06. The Bertz CT molecular complexity index is 259. The monoisotopic (exact) mass is 250 g/mol. The summed E-state index contributed by atoms with van der Waals surface area (Å²) < 4.78 is 22.4. The quantitative estimate of drug-likeness (QED) is 0.640. The lowest BCUT2D eigenvalue weighted by Crippen LogP contribution is -2.30. The molecular weight excluding hydrogens is 224 g/mol. The number of aliphatic hydroxyl groups is 1. The molecule has 4 heteroatoms. The minimum absolute atomic E-state index is 0.598. The molecule has 0 spiro atoms. The first-order valence-corrected chi connectivity index (χ1v) is 8.22. The van der Waals surface area contributed by atoms with E-state index in [1.54, 1.807) is 6.92 Å². The summed E-state index contributed by atoms with van der Waals surface area (Å²) in [6.07, 6.45) is 8.01. The molecule has 0 rings (SSSR count). The summed E-state index contributed by atoms with van der Waals surface area (Å²) in [5.41, 5.74) is 0. The van der Waals surface area contributed by atoms with Gasteiger partial charge in [0.05, 0.1) is 11.4 Å². The van der Waals surface area contributed by atoms with Gasteiger partial charge in [0.15, 0.2) is 9.84 Å². The van der Waals surface area contributed by atoms with Gasteiger partial charge in [0.25, 0.3) is 0 Å². The van der Waals surface area contributed by atoms with Gasteiger partial charge in [0.1, 0.15) is 0 Å². The highest BCUT2D eigenvalue weighted by Gasteiger charge is 2.23. The first-order chi connectivity index (χ1) is 7.39. The maximum atomic E-state index is 11.2. The van der Waals surface area contributed by atoms with E-state index in [0.717, 1.165) is 12.8 Å². The second kappa shape index (κ2) is 8.07. The van der Waals surface area contributed by atoms with Crippen molar-refractivity contribution in [3.05, 3.63) is 0 Å². The zero-order chi connectivity index (χ0) is 12.6. The Kier molecular flexibility index (Phi) is 8.02.